The van der Waals surface area contributed by atoms with Crippen LogP contribution < -0.4 is 10.5 Å². The lowest BCUT2D eigenvalue weighted by molar-refractivity contribution is -0.131. The van der Waals surface area contributed by atoms with Gasteiger partial charge in [0, 0.05) is 19.6 Å². The molecule has 1 saturated carbocycles. The Morgan fingerprint density at radius 1 is 1.18 bits per heavy atom. The van der Waals surface area contributed by atoms with Crippen LogP contribution in [0.25, 0.3) is 0 Å². The van der Waals surface area contributed by atoms with Crippen LogP contribution in [0, 0.1) is 0 Å². The number of hydrogen-bond donors (Lipinski definition) is 2. The van der Waals surface area contributed by atoms with E-state index in [0.29, 0.717) is 19.4 Å². The number of rotatable bonds is 7. The predicted molar refractivity (Wildman–Crippen MR) is 89.4 cm³/mol. The Balaban J connectivity index is 0.00000242. The second-order valence-electron chi connectivity index (χ2n) is 6.13. The van der Waals surface area contributed by atoms with E-state index in [1.54, 1.807) is 0 Å². The Labute approximate surface area is 139 Å². The van der Waals surface area contributed by atoms with Crippen molar-refractivity contribution in [2.24, 2.45) is 5.73 Å². The van der Waals surface area contributed by atoms with Crippen molar-refractivity contribution < 1.29 is 13.2 Å². The van der Waals surface area contributed by atoms with Gasteiger partial charge in [0.2, 0.25) is 15.9 Å². The van der Waals surface area contributed by atoms with E-state index < -0.39 is 16.1 Å². The maximum absolute atomic E-state index is 12.0. The van der Waals surface area contributed by atoms with E-state index in [2.05, 4.69) is 4.72 Å². The van der Waals surface area contributed by atoms with Crippen LogP contribution in [-0.2, 0) is 14.8 Å². The highest BCUT2D eigenvalue weighted by atomic mass is 35.5. The maximum Gasteiger partial charge on any atom is 0.239 e. The molecule has 22 heavy (non-hydrogen) atoms. The molecule has 2 fully saturated rings. The van der Waals surface area contributed by atoms with Crippen molar-refractivity contribution in [1.29, 1.82) is 0 Å². The summed E-state index contributed by atoms with van der Waals surface area (Å²) in [6.07, 6.45) is 6.78. The monoisotopic (exact) mass is 353 g/mol. The number of sulfonamides is 1. The van der Waals surface area contributed by atoms with E-state index in [-0.39, 0.29) is 23.6 Å². The lowest BCUT2D eigenvalue weighted by Crippen LogP contribution is -2.42. The molecule has 0 radical (unpaired) electrons. The molecule has 1 aliphatic carbocycles. The Hall–Kier alpha value is -0.370. The minimum Gasteiger partial charge on any atom is -0.341 e. The topological polar surface area (TPSA) is 92.5 Å². The van der Waals surface area contributed by atoms with Gasteiger partial charge in [-0.2, -0.15) is 0 Å². The number of nitrogens with two attached hydrogens (primary N) is 1. The van der Waals surface area contributed by atoms with Gasteiger partial charge in [-0.25, -0.2) is 13.1 Å². The van der Waals surface area contributed by atoms with Crippen LogP contribution in [0.2, 0.25) is 0 Å². The fourth-order valence-corrected chi connectivity index (χ4v) is 4.77. The average molecular weight is 354 g/mol. The fourth-order valence-electron chi connectivity index (χ4n) is 3.15. The predicted octanol–water partition coefficient (Wildman–Crippen LogP) is 1.00. The van der Waals surface area contributed by atoms with Gasteiger partial charge in [0.1, 0.15) is 0 Å². The van der Waals surface area contributed by atoms with Crippen LogP contribution >= 0.6 is 12.4 Å². The van der Waals surface area contributed by atoms with Crippen molar-refractivity contribution in [3.05, 3.63) is 0 Å². The van der Waals surface area contributed by atoms with Gasteiger partial charge >= 0.3 is 0 Å². The molecule has 0 aromatic rings. The molecule has 2 aliphatic rings. The molecule has 0 spiro atoms. The van der Waals surface area contributed by atoms with Gasteiger partial charge in [-0.15, -0.1) is 12.4 Å². The molecule has 2 rings (SSSR count). The first-order valence-electron chi connectivity index (χ1n) is 8.03. The van der Waals surface area contributed by atoms with E-state index >= 15 is 0 Å². The van der Waals surface area contributed by atoms with Crippen LogP contribution in [0.15, 0.2) is 0 Å². The Kier molecular flexibility index (Phi) is 8.10. The third-order valence-corrected chi connectivity index (χ3v) is 6.43. The summed E-state index contributed by atoms with van der Waals surface area (Å²) in [6, 6.07) is -0.501. The molecular formula is C14H28ClN3O3S. The first-order chi connectivity index (χ1) is 10.0. The molecule has 8 heteroatoms. The minimum absolute atomic E-state index is 0. The van der Waals surface area contributed by atoms with Crippen LogP contribution in [-0.4, -0.2) is 50.2 Å². The molecule has 130 valence electrons. The third kappa shape index (κ3) is 5.37. The maximum atomic E-state index is 12.0. The number of amides is 1. The summed E-state index contributed by atoms with van der Waals surface area (Å²) in [5, 5.41) is -0.225. The molecule has 6 nitrogen and oxygen atoms in total. The Morgan fingerprint density at radius 3 is 2.36 bits per heavy atom. The van der Waals surface area contributed by atoms with Crippen molar-refractivity contribution in [3.8, 4) is 0 Å². The fraction of sp³-hybridized carbons (Fsp3) is 0.929. The lowest BCUT2D eigenvalue weighted by atomic mass is 10.1. The first kappa shape index (κ1) is 19.7. The van der Waals surface area contributed by atoms with E-state index in [4.69, 9.17) is 5.73 Å². The van der Waals surface area contributed by atoms with Crippen LogP contribution in [0.1, 0.15) is 51.4 Å². The van der Waals surface area contributed by atoms with Gasteiger partial charge < -0.3 is 10.6 Å². The highest BCUT2D eigenvalue weighted by Gasteiger charge is 2.28. The standard InChI is InChI=1S/C14H27N3O3S.ClH/c15-13(14(18)17-10-3-4-11-17)8-5-9-16-21(19,20)12-6-1-2-7-12;/h12-13,16H,1-11,15H2;1H. The summed E-state index contributed by atoms with van der Waals surface area (Å²) in [5.74, 6) is 0.00569. The number of hydrogen-bond acceptors (Lipinski definition) is 4. The second-order valence-corrected chi connectivity index (χ2v) is 8.17. The molecule has 0 bridgehead atoms. The molecule has 1 atom stereocenters. The zero-order valence-corrected chi connectivity index (χ0v) is 14.6. The SMILES string of the molecule is Cl.NC(CCCNS(=O)(=O)C1CCCC1)C(=O)N1CCCC1. The molecular weight excluding hydrogens is 326 g/mol. The third-order valence-electron chi connectivity index (χ3n) is 4.47. The molecule has 1 saturated heterocycles. The molecule has 3 N–H and O–H groups in total. The van der Waals surface area contributed by atoms with E-state index in [1.807, 2.05) is 4.90 Å². The highest BCUT2D eigenvalue weighted by molar-refractivity contribution is 7.90. The summed E-state index contributed by atoms with van der Waals surface area (Å²) >= 11 is 0. The van der Waals surface area contributed by atoms with Gasteiger partial charge in [-0.1, -0.05) is 12.8 Å². The number of nitrogens with zero attached hydrogens (tertiary/aromatic N) is 1. The van der Waals surface area contributed by atoms with Crippen molar-refractivity contribution in [2.45, 2.75) is 62.7 Å². The smallest absolute Gasteiger partial charge is 0.239 e. The number of likely N-dealkylation sites (tertiary alicyclic amines) is 1. The summed E-state index contributed by atoms with van der Waals surface area (Å²) < 4.78 is 26.7. The summed E-state index contributed by atoms with van der Waals surface area (Å²) in [6.45, 7) is 1.99. The van der Waals surface area contributed by atoms with E-state index in [0.717, 1.165) is 51.6 Å². The zero-order valence-electron chi connectivity index (χ0n) is 13.0. The van der Waals surface area contributed by atoms with E-state index in [9.17, 15) is 13.2 Å². The minimum atomic E-state index is -3.18. The number of nitrogens with one attached hydrogen (secondary N) is 1. The summed E-state index contributed by atoms with van der Waals surface area (Å²) in [4.78, 5) is 13.8. The van der Waals surface area contributed by atoms with Crippen molar-refractivity contribution >= 4 is 28.3 Å². The largest absolute Gasteiger partial charge is 0.341 e. The van der Waals surface area contributed by atoms with E-state index in [1.165, 1.54) is 0 Å². The van der Waals surface area contributed by atoms with Crippen LogP contribution in [0.4, 0.5) is 0 Å². The zero-order chi connectivity index (χ0) is 15.3. The molecule has 0 aromatic heterocycles. The highest BCUT2D eigenvalue weighted by Crippen LogP contribution is 2.23. The van der Waals surface area contributed by atoms with Gasteiger partial charge in [-0.3, -0.25) is 4.79 Å². The van der Waals surface area contributed by atoms with Crippen molar-refractivity contribution in [1.82, 2.24) is 9.62 Å². The number of halogens is 1. The molecule has 1 amide bonds. The summed E-state index contributed by atoms with van der Waals surface area (Å²) in [7, 11) is -3.18. The molecule has 1 aliphatic heterocycles. The van der Waals surface area contributed by atoms with Crippen molar-refractivity contribution in [2.75, 3.05) is 19.6 Å². The Bertz CT molecular complexity index is 446. The second kappa shape index (κ2) is 9.05. The molecule has 0 aromatic carbocycles. The average Bonchev–Trinajstić information content (AvgIpc) is 3.14. The van der Waals surface area contributed by atoms with Crippen LogP contribution in [0.3, 0.4) is 0 Å². The summed E-state index contributed by atoms with van der Waals surface area (Å²) in [5.41, 5.74) is 5.90. The van der Waals surface area contributed by atoms with Crippen LogP contribution in [0.5, 0.6) is 0 Å². The molecule has 1 unspecified atom stereocenters. The number of carbonyl (C=O) groups excluding carboxylic acids is 1. The Morgan fingerprint density at radius 2 is 1.77 bits per heavy atom. The van der Waals surface area contributed by atoms with Gasteiger partial charge in [-0.05, 0) is 38.5 Å². The number of carbonyl (C=O) groups is 1. The first-order valence-corrected chi connectivity index (χ1v) is 9.58. The lowest BCUT2D eigenvalue weighted by Gasteiger charge is -2.20. The van der Waals surface area contributed by atoms with Gasteiger partial charge in [0.05, 0.1) is 11.3 Å². The van der Waals surface area contributed by atoms with Crippen molar-refractivity contribution in [3.63, 3.8) is 0 Å². The van der Waals surface area contributed by atoms with Gasteiger partial charge in [0.25, 0.3) is 0 Å². The van der Waals surface area contributed by atoms with Gasteiger partial charge in [0.15, 0.2) is 0 Å². The normalized spacial score (nSPS) is 20.9. The molecule has 1 heterocycles. The quantitative estimate of drug-likeness (QED) is 0.668.